The first kappa shape index (κ1) is 3.46. The largest absolute Gasteiger partial charge is 0.491 e. The smallest absolute Gasteiger partial charge is 0.461 e. The third-order valence-corrected chi connectivity index (χ3v) is 1.27. The Kier molecular flexibility index (Phi) is 1.09. The van der Waals surface area contributed by atoms with E-state index in [1.165, 1.54) is 0 Å². The van der Waals surface area contributed by atoms with E-state index in [4.69, 9.17) is 23.8 Å². The zero-order chi connectivity index (χ0) is 19.1. The Morgan fingerprint density at radius 2 is 2.43 bits per heavy atom. The molecule has 0 unspecified atom stereocenters. The van der Waals surface area contributed by atoms with Gasteiger partial charge in [0.2, 0.25) is 0 Å². The van der Waals surface area contributed by atoms with Crippen molar-refractivity contribution in [3.63, 3.8) is 0 Å². The summed E-state index contributed by atoms with van der Waals surface area (Å²) < 4.78 is 77.2. The third-order valence-electron chi connectivity index (χ3n) is 1.27. The van der Waals surface area contributed by atoms with Gasteiger partial charge in [0.25, 0.3) is 0 Å². The Bertz CT molecular complexity index is 585. The maximum absolute atomic E-state index is 9.12. The van der Waals surface area contributed by atoms with Gasteiger partial charge in [-0.1, -0.05) is 0 Å². The molecule has 0 aliphatic heterocycles. The molecule has 2 N–H and O–H groups in total. The van der Waals surface area contributed by atoms with E-state index in [1.807, 2.05) is 0 Å². The van der Waals surface area contributed by atoms with Crippen molar-refractivity contribution in [1.82, 2.24) is 9.97 Å². The number of aromatic nitrogens is 2. The standard InChI is InChI=1S/C8H13BN2O3/c1-5(2)14-8-10-4-7(9(12)13)6(3)11-8/h4-5,12-13H,1-3H3/i1D3,2D3,3D3,5D. The lowest BCUT2D eigenvalue weighted by molar-refractivity contribution is 0.222. The van der Waals surface area contributed by atoms with E-state index in [0.717, 1.165) is 0 Å². The molecule has 0 saturated heterocycles. The van der Waals surface area contributed by atoms with Crippen LogP contribution in [0.5, 0.6) is 6.01 Å². The highest BCUT2D eigenvalue weighted by atomic mass is 16.5. The molecule has 0 radical (unpaired) electrons. The van der Waals surface area contributed by atoms with Gasteiger partial charge in [0.1, 0.15) is 0 Å². The molecule has 1 aromatic rings. The fraction of sp³-hybridized carbons (Fsp3) is 0.500. The summed E-state index contributed by atoms with van der Waals surface area (Å²) in [5.41, 5.74) is -1.47. The zero-order valence-electron chi connectivity index (χ0n) is 16.9. The predicted molar refractivity (Wildman–Crippen MR) is 52.4 cm³/mol. The van der Waals surface area contributed by atoms with E-state index < -0.39 is 50.9 Å². The van der Waals surface area contributed by atoms with Gasteiger partial charge in [-0.05, 0) is 20.6 Å². The SMILES string of the molecule is [2H]C([2H])([2H])c1nc(OC([2H])(C([2H])([2H])[2H])C([2H])([2H])[2H])ncc1B(O)O. The van der Waals surface area contributed by atoms with Crippen LogP contribution in [-0.2, 0) is 0 Å². The van der Waals surface area contributed by atoms with Crippen molar-refractivity contribution in [2.75, 3.05) is 0 Å². The van der Waals surface area contributed by atoms with Crippen LogP contribution in [0, 0.1) is 6.85 Å². The monoisotopic (exact) mass is 206 g/mol. The number of aryl methyl sites for hydroxylation is 1. The van der Waals surface area contributed by atoms with E-state index in [9.17, 15) is 0 Å². The van der Waals surface area contributed by atoms with Crippen molar-refractivity contribution in [3.05, 3.63) is 11.9 Å². The van der Waals surface area contributed by atoms with Gasteiger partial charge in [-0.25, -0.2) is 9.97 Å². The Labute approximate surface area is 97.0 Å². The molecule has 0 atom stereocenters. The first-order valence-electron chi connectivity index (χ1n) is 8.43. The maximum atomic E-state index is 9.12. The second kappa shape index (κ2) is 4.39. The number of rotatable bonds is 3. The summed E-state index contributed by atoms with van der Waals surface area (Å²) in [6, 6.07) is -1.01. The molecule has 1 aromatic heterocycles. The molecule has 0 aromatic carbocycles. The maximum Gasteiger partial charge on any atom is 0.491 e. The third kappa shape index (κ3) is 2.68. The molecule has 0 aliphatic carbocycles. The van der Waals surface area contributed by atoms with E-state index >= 15 is 0 Å². The Hall–Kier alpha value is -1.14. The summed E-state index contributed by atoms with van der Waals surface area (Å²) in [6.45, 7) is -9.82. The van der Waals surface area contributed by atoms with Gasteiger partial charge >= 0.3 is 13.1 Å². The minimum atomic E-state index is -3.45. The zero-order valence-corrected chi connectivity index (χ0v) is 6.85. The van der Waals surface area contributed by atoms with Crippen LogP contribution in [0.4, 0.5) is 0 Å². The van der Waals surface area contributed by atoms with Crippen molar-refractivity contribution in [1.29, 1.82) is 0 Å². The molecule has 1 rings (SSSR count). The molecule has 14 heavy (non-hydrogen) atoms. The van der Waals surface area contributed by atoms with E-state index in [0.29, 0.717) is 6.20 Å². The summed E-state index contributed by atoms with van der Waals surface area (Å²) in [5.74, 6) is 0. The Morgan fingerprint density at radius 1 is 1.64 bits per heavy atom. The van der Waals surface area contributed by atoms with Crippen LogP contribution in [0.2, 0.25) is 0 Å². The number of ether oxygens (including phenoxy) is 1. The fourth-order valence-corrected chi connectivity index (χ4v) is 0.704. The normalized spacial score (nSPS) is 24.4. The van der Waals surface area contributed by atoms with Gasteiger partial charge < -0.3 is 14.8 Å². The molecule has 0 amide bonds. The predicted octanol–water partition coefficient (Wildman–Crippen LogP) is -0.748. The number of hydrogen-bond acceptors (Lipinski definition) is 5. The van der Waals surface area contributed by atoms with Crippen molar-refractivity contribution in [2.45, 2.75) is 26.6 Å². The quantitative estimate of drug-likeness (QED) is 0.636. The number of hydrogen-bond donors (Lipinski definition) is 2. The topological polar surface area (TPSA) is 75.5 Å². The average Bonchev–Trinajstić information content (AvgIpc) is 2.34. The Balaban J connectivity index is 3.43. The minimum absolute atomic E-state index is 0.597. The van der Waals surface area contributed by atoms with Crippen molar-refractivity contribution >= 4 is 12.6 Å². The highest BCUT2D eigenvalue weighted by Gasteiger charge is 2.16. The van der Waals surface area contributed by atoms with Crippen molar-refractivity contribution < 1.29 is 28.5 Å². The molecule has 0 saturated carbocycles. The molecule has 1 heterocycles. The van der Waals surface area contributed by atoms with Crippen LogP contribution < -0.4 is 10.2 Å². The lowest BCUT2D eigenvalue weighted by Gasteiger charge is -2.09. The van der Waals surface area contributed by atoms with Crippen LogP contribution in [-0.4, -0.2) is 33.2 Å². The van der Waals surface area contributed by atoms with Gasteiger partial charge in [0.05, 0.1) is 7.45 Å². The van der Waals surface area contributed by atoms with E-state index in [2.05, 4.69) is 14.7 Å². The summed E-state index contributed by atoms with van der Waals surface area (Å²) >= 11 is 0. The van der Waals surface area contributed by atoms with E-state index in [-0.39, 0.29) is 0 Å². The van der Waals surface area contributed by atoms with Gasteiger partial charge in [-0.15, -0.1) is 0 Å². The molecule has 0 spiro atoms. The molecule has 0 fully saturated rings. The van der Waals surface area contributed by atoms with Gasteiger partial charge in [0.15, 0.2) is 0 Å². The van der Waals surface area contributed by atoms with Gasteiger partial charge in [-0.3, -0.25) is 0 Å². The summed E-state index contributed by atoms with van der Waals surface area (Å²) in [4.78, 5) is 6.70. The highest BCUT2D eigenvalue weighted by molar-refractivity contribution is 6.58. The van der Waals surface area contributed by atoms with Crippen molar-refractivity contribution in [3.8, 4) is 6.01 Å². The summed E-state index contributed by atoms with van der Waals surface area (Å²) in [7, 11) is -2.24. The first-order valence-corrected chi connectivity index (χ1v) is 3.43. The van der Waals surface area contributed by atoms with Crippen LogP contribution >= 0.6 is 0 Å². The molecule has 5 nitrogen and oxygen atoms in total. The number of nitrogens with zero attached hydrogens (tertiary/aromatic N) is 2. The van der Waals surface area contributed by atoms with Crippen molar-refractivity contribution in [2.24, 2.45) is 0 Å². The summed E-state index contributed by atoms with van der Waals surface area (Å²) in [5, 5.41) is 18.2. The molecular weight excluding hydrogens is 183 g/mol. The molecule has 76 valence electrons. The lowest BCUT2D eigenvalue weighted by atomic mass is 9.80. The Morgan fingerprint density at radius 3 is 3.00 bits per heavy atom. The van der Waals surface area contributed by atoms with Crippen LogP contribution in [0.15, 0.2) is 6.20 Å². The average molecular weight is 206 g/mol. The summed E-state index contributed by atoms with van der Waals surface area (Å²) in [6.07, 6.45) is -2.82. The first-order chi connectivity index (χ1) is 10.5. The highest BCUT2D eigenvalue weighted by Crippen LogP contribution is 2.03. The lowest BCUT2D eigenvalue weighted by Crippen LogP contribution is -2.33. The van der Waals surface area contributed by atoms with Crippen LogP contribution in [0.25, 0.3) is 0 Å². The second-order valence-corrected chi connectivity index (χ2v) is 2.26. The fourth-order valence-electron chi connectivity index (χ4n) is 0.704. The van der Waals surface area contributed by atoms with Gasteiger partial charge in [0, 0.05) is 29.7 Å². The van der Waals surface area contributed by atoms with Crippen LogP contribution in [0.1, 0.15) is 33.1 Å². The molecular formula is C8H13BN2O3. The minimum Gasteiger partial charge on any atom is -0.461 e. The molecule has 0 bridgehead atoms. The van der Waals surface area contributed by atoms with E-state index in [1.54, 1.807) is 0 Å². The van der Waals surface area contributed by atoms with Gasteiger partial charge in [-0.2, -0.15) is 0 Å². The van der Waals surface area contributed by atoms with Crippen LogP contribution in [0.3, 0.4) is 0 Å². The molecule has 0 aliphatic rings. The molecule has 6 heteroatoms. The second-order valence-electron chi connectivity index (χ2n) is 2.26.